The van der Waals surface area contributed by atoms with E-state index in [1.54, 1.807) is 0 Å². The van der Waals surface area contributed by atoms with E-state index in [0.29, 0.717) is 8.68 Å². The molecule has 2 heterocycles. The molecule has 0 spiro atoms. The summed E-state index contributed by atoms with van der Waals surface area (Å²) in [6.07, 6.45) is 23.0. The fraction of sp³-hybridized carbons (Fsp3) is 0.800. The molecule has 43 heavy (non-hydrogen) atoms. The quantitative estimate of drug-likeness (QED) is 0.122. The lowest BCUT2D eigenvalue weighted by Crippen LogP contribution is -2.27. The van der Waals surface area contributed by atoms with E-state index in [0.717, 1.165) is 25.0 Å². The summed E-state index contributed by atoms with van der Waals surface area (Å²) in [7, 11) is -8.93. The van der Waals surface area contributed by atoms with Crippen molar-refractivity contribution < 1.29 is 23.2 Å². The Labute approximate surface area is 262 Å². The molecule has 0 aliphatic rings. The van der Waals surface area contributed by atoms with Crippen molar-refractivity contribution in [3.8, 4) is 0 Å². The van der Waals surface area contributed by atoms with Crippen molar-refractivity contribution in [2.24, 2.45) is 0 Å². The standard InChI is InChI=1S/2C12H27N.C6H8N4O5P2/c2*1-4-7-10-13(11-8-5-2)12-9-6-3;11-16(12,9-3-1-7-5-9)15-17(13,14)10-4-2-8-6-10/h2*4-12H2,1-3H3;1-6H,(H,11,12)(H,13,14). The van der Waals surface area contributed by atoms with Crippen LogP contribution in [-0.2, 0) is 13.4 Å². The second-order valence-corrected chi connectivity index (χ2v) is 14.3. The summed E-state index contributed by atoms with van der Waals surface area (Å²) in [5, 5.41) is 0. The SMILES string of the molecule is CCCCN(CCCC)CCCC.CCCCN(CCCC)CCCC.O=P(O)(OP(=O)(O)n1ccnc1)n1ccnc1. The summed E-state index contributed by atoms with van der Waals surface area (Å²) in [5.74, 6) is 0. The highest BCUT2D eigenvalue weighted by atomic mass is 31.3. The zero-order valence-electron chi connectivity index (χ0n) is 27.9. The Kier molecular flexibility index (Phi) is 25.2. The topological polar surface area (TPSA) is 126 Å². The second kappa shape index (κ2) is 26.0. The second-order valence-electron chi connectivity index (χ2n) is 10.8. The average Bonchev–Trinajstić information content (AvgIpc) is 3.73. The van der Waals surface area contributed by atoms with Crippen molar-refractivity contribution in [2.75, 3.05) is 39.3 Å². The van der Waals surface area contributed by atoms with Crippen LogP contribution in [0, 0.1) is 0 Å². The van der Waals surface area contributed by atoms with Crippen molar-refractivity contribution in [2.45, 2.75) is 119 Å². The molecule has 0 aliphatic heterocycles. The number of aromatic nitrogens is 4. The number of hydrogen-bond acceptors (Lipinski definition) is 7. The van der Waals surface area contributed by atoms with Crippen LogP contribution in [0.3, 0.4) is 0 Å². The van der Waals surface area contributed by atoms with Gasteiger partial charge in [0.1, 0.15) is 12.7 Å². The molecule has 252 valence electrons. The van der Waals surface area contributed by atoms with Gasteiger partial charge in [-0.2, -0.15) is 4.31 Å². The minimum atomic E-state index is -4.47. The molecule has 0 amide bonds. The molecule has 2 unspecified atom stereocenters. The summed E-state index contributed by atoms with van der Waals surface area (Å²) < 4.78 is 29.2. The van der Waals surface area contributed by atoms with Gasteiger partial charge in [0.2, 0.25) is 0 Å². The van der Waals surface area contributed by atoms with Gasteiger partial charge in [0, 0.05) is 24.8 Å². The first kappa shape index (κ1) is 41.7. The maximum absolute atomic E-state index is 11.7. The Hall–Kier alpha value is -1.32. The molecular weight excluding hydrogens is 586 g/mol. The largest absolute Gasteiger partial charge is 0.446 e. The molecule has 0 bridgehead atoms. The third kappa shape index (κ3) is 20.4. The highest BCUT2D eigenvalue weighted by Gasteiger charge is 2.35. The van der Waals surface area contributed by atoms with E-state index in [1.165, 1.54) is 129 Å². The molecule has 0 saturated carbocycles. The van der Waals surface area contributed by atoms with Crippen LogP contribution in [0.2, 0.25) is 0 Å². The first-order valence-electron chi connectivity index (χ1n) is 16.4. The summed E-state index contributed by atoms with van der Waals surface area (Å²) in [4.78, 5) is 31.4. The fourth-order valence-corrected chi connectivity index (χ4v) is 6.61. The van der Waals surface area contributed by atoms with E-state index in [-0.39, 0.29) is 0 Å². The highest BCUT2D eigenvalue weighted by Crippen LogP contribution is 2.59. The molecule has 0 fully saturated rings. The molecule has 2 N–H and O–H groups in total. The smallest absolute Gasteiger partial charge is 0.307 e. The average molecular weight is 649 g/mol. The Morgan fingerprint density at radius 2 is 0.814 bits per heavy atom. The van der Waals surface area contributed by atoms with Gasteiger partial charge in [-0.05, 0) is 77.8 Å². The number of rotatable bonds is 22. The normalized spacial score (nSPS) is 14.0. The van der Waals surface area contributed by atoms with Crippen LogP contribution in [0.25, 0.3) is 0 Å². The summed E-state index contributed by atoms with van der Waals surface area (Å²) >= 11 is 0. The van der Waals surface area contributed by atoms with E-state index in [2.05, 4.69) is 65.6 Å². The lowest BCUT2D eigenvalue weighted by molar-refractivity contribution is 0.261. The predicted molar refractivity (Wildman–Crippen MR) is 178 cm³/mol. The molecule has 0 aliphatic carbocycles. The molecule has 0 radical (unpaired) electrons. The molecule has 2 aromatic rings. The summed E-state index contributed by atoms with van der Waals surface area (Å²) in [6.45, 7) is 21.5. The summed E-state index contributed by atoms with van der Waals surface area (Å²) in [5.41, 5.74) is 0. The van der Waals surface area contributed by atoms with Gasteiger partial charge in [0.05, 0.1) is 0 Å². The van der Waals surface area contributed by atoms with Crippen LogP contribution < -0.4 is 0 Å². The minimum Gasteiger partial charge on any atom is -0.307 e. The van der Waals surface area contributed by atoms with Crippen molar-refractivity contribution in [1.29, 1.82) is 0 Å². The van der Waals surface area contributed by atoms with Gasteiger partial charge in [-0.3, -0.25) is 0 Å². The third-order valence-corrected chi connectivity index (χ3v) is 10.1. The number of imidazole rings is 2. The summed E-state index contributed by atoms with van der Waals surface area (Å²) in [6, 6.07) is 0. The number of hydrogen-bond donors (Lipinski definition) is 2. The number of nitrogens with zero attached hydrogens (tertiary/aromatic N) is 6. The van der Waals surface area contributed by atoms with Gasteiger partial charge in [-0.1, -0.05) is 80.1 Å². The first-order valence-corrected chi connectivity index (χ1v) is 19.5. The Morgan fingerprint density at radius 3 is 1.00 bits per heavy atom. The van der Waals surface area contributed by atoms with Crippen LogP contribution in [-0.4, -0.2) is 77.5 Å². The molecule has 2 atom stereocenters. The van der Waals surface area contributed by atoms with Crippen molar-refractivity contribution in [3.05, 3.63) is 37.4 Å². The van der Waals surface area contributed by atoms with E-state index >= 15 is 0 Å². The Balaban J connectivity index is 0.000000627. The van der Waals surface area contributed by atoms with E-state index in [9.17, 15) is 18.9 Å². The van der Waals surface area contributed by atoms with Crippen LogP contribution >= 0.6 is 15.5 Å². The van der Waals surface area contributed by atoms with Crippen LogP contribution in [0.5, 0.6) is 0 Å². The molecule has 13 heteroatoms. The van der Waals surface area contributed by atoms with Crippen molar-refractivity contribution in [3.63, 3.8) is 0 Å². The molecule has 2 rings (SSSR count). The Morgan fingerprint density at radius 1 is 0.558 bits per heavy atom. The molecule has 0 aromatic carbocycles. The van der Waals surface area contributed by atoms with Crippen LogP contribution in [0.15, 0.2) is 37.4 Å². The lowest BCUT2D eigenvalue weighted by atomic mass is 10.2. The number of unbranched alkanes of at least 4 members (excludes halogenated alkanes) is 6. The van der Waals surface area contributed by atoms with E-state index < -0.39 is 15.5 Å². The predicted octanol–water partition coefficient (Wildman–Crippen LogP) is 8.07. The minimum absolute atomic E-state index is 0.715. The van der Waals surface area contributed by atoms with Gasteiger partial charge in [0.25, 0.3) is 0 Å². The molecular formula is C30H62N6O5P2. The fourth-order valence-electron chi connectivity index (χ4n) is 3.99. The molecule has 11 nitrogen and oxygen atoms in total. The Bertz CT molecular complexity index is 848. The molecule has 0 saturated heterocycles. The zero-order valence-corrected chi connectivity index (χ0v) is 29.7. The van der Waals surface area contributed by atoms with E-state index in [1.807, 2.05) is 0 Å². The van der Waals surface area contributed by atoms with Gasteiger partial charge in [0.15, 0.2) is 0 Å². The van der Waals surface area contributed by atoms with Crippen LogP contribution in [0.4, 0.5) is 0 Å². The van der Waals surface area contributed by atoms with Crippen molar-refractivity contribution >= 4 is 15.5 Å². The lowest BCUT2D eigenvalue weighted by Gasteiger charge is -2.21. The maximum atomic E-state index is 11.7. The highest BCUT2D eigenvalue weighted by molar-refractivity contribution is 7.64. The van der Waals surface area contributed by atoms with Gasteiger partial charge < -0.3 is 19.6 Å². The third-order valence-electron chi connectivity index (χ3n) is 6.74. The first-order chi connectivity index (χ1) is 20.6. The zero-order chi connectivity index (χ0) is 32.4. The van der Waals surface area contributed by atoms with Crippen LogP contribution in [0.1, 0.15) is 119 Å². The van der Waals surface area contributed by atoms with Gasteiger partial charge >= 0.3 is 15.5 Å². The molecule has 2 aromatic heterocycles. The monoisotopic (exact) mass is 648 g/mol. The van der Waals surface area contributed by atoms with Gasteiger partial charge in [-0.15, -0.1) is 0 Å². The van der Waals surface area contributed by atoms with Crippen molar-refractivity contribution in [1.82, 2.24) is 28.4 Å². The van der Waals surface area contributed by atoms with E-state index in [4.69, 9.17) is 0 Å². The maximum Gasteiger partial charge on any atom is 0.446 e. The van der Waals surface area contributed by atoms with Gasteiger partial charge in [-0.25, -0.2) is 27.8 Å².